The number of amides is 1. The van der Waals surface area contributed by atoms with Crippen LogP contribution in [-0.2, 0) is 7.05 Å². The van der Waals surface area contributed by atoms with E-state index >= 15 is 0 Å². The number of alkyl halides is 3. The Morgan fingerprint density at radius 2 is 1.95 bits per heavy atom. The molecule has 0 aliphatic rings. The predicted octanol–water partition coefficient (Wildman–Crippen LogP) is 2.46. The monoisotopic (exact) mass is 313 g/mol. The van der Waals surface area contributed by atoms with Crippen LogP contribution < -0.4 is 10.1 Å². The molecule has 22 heavy (non-hydrogen) atoms. The van der Waals surface area contributed by atoms with Gasteiger partial charge in [-0.3, -0.25) is 9.48 Å². The Hall–Kier alpha value is -2.51. The zero-order valence-corrected chi connectivity index (χ0v) is 11.9. The summed E-state index contributed by atoms with van der Waals surface area (Å²) in [5.74, 6) is -0.408. The number of ether oxygens (including phenoxy) is 1. The molecule has 1 amide bonds. The Bertz CT molecular complexity index is 650. The topological polar surface area (TPSA) is 56.1 Å². The van der Waals surface area contributed by atoms with E-state index < -0.39 is 18.1 Å². The molecule has 1 aromatic heterocycles. The third-order valence-electron chi connectivity index (χ3n) is 3.02. The van der Waals surface area contributed by atoms with Gasteiger partial charge >= 0.3 is 6.18 Å². The number of aromatic nitrogens is 2. The summed E-state index contributed by atoms with van der Waals surface area (Å²) < 4.78 is 45.9. The highest BCUT2D eigenvalue weighted by Crippen LogP contribution is 2.33. The van der Waals surface area contributed by atoms with Crippen LogP contribution in [0.3, 0.4) is 0 Å². The van der Waals surface area contributed by atoms with Crippen LogP contribution in [-0.4, -0.2) is 29.0 Å². The number of hydrogen-bond acceptors (Lipinski definition) is 3. The van der Waals surface area contributed by atoms with Gasteiger partial charge in [-0.25, -0.2) is 0 Å². The van der Waals surface area contributed by atoms with Crippen LogP contribution in [0.1, 0.15) is 22.0 Å². The third kappa shape index (κ3) is 3.57. The van der Waals surface area contributed by atoms with Gasteiger partial charge in [0.1, 0.15) is 5.75 Å². The zero-order valence-electron chi connectivity index (χ0n) is 11.9. The molecule has 1 atom stereocenters. The molecule has 8 heteroatoms. The number of methoxy groups -OCH3 is 1. The maximum absolute atomic E-state index is 13.2. The van der Waals surface area contributed by atoms with Crippen molar-refractivity contribution in [3.05, 3.63) is 47.8 Å². The average Bonchev–Trinajstić information content (AvgIpc) is 2.90. The molecule has 0 bridgehead atoms. The number of nitrogens with zero attached hydrogens (tertiary/aromatic N) is 2. The lowest BCUT2D eigenvalue weighted by atomic mass is 10.1. The van der Waals surface area contributed by atoms with E-state index in [1.807, 2.05) is 5.32 Å². The van der Waals surface area contributed by atoms with Gasteiger partial charge in [0, 0.05) is 13.2 Å². The van der Waals surface area contributed by atoms with Crippen molar-refractivity contribution >= 4 is 5.91 Å². The maximum atomic E-state index is 13.2. The summed E-state index contributed by atoms with van der Waals surface area (Å²) in [6.45, 7) is 0. The molecule has 2 rings (SSSR count). The zero-order chi connectivity index (χ0) is 16.3. The second-order valence-electron chi connectivity index (χ2n) is 4.62. The smallest absolute Gasteiger partial charge is 0.412 e. The van der Waals surface area contributed by atoms with Crippen LogP contribution >= 0.6 is 0 Å². The number of aryl methyl sites for hydroxylation is 1. The first-order valence-corrected chi connectivity index (χ1v) is 6.31. The summed E-state index contributed by atoms with van der Waals surface area (Å²) in [5.41, 5.74) is -0.0178. The number of benzene rings is 1. The van der Waals surface area contributed by atoms with Gasteiger partial charge in [-0.1, -0.05) is 12.1 Å². The largest absolute Gasteiger partial charge is 0.497 e. The second kappa shape index (κ2) is 6.08. The fourth-order valence-electron chi connectivity index (χ4n) is 1.90. The lowest BCUT2D eigenvalue weighted by Gasteiger charge is -2.22. The fourth-order valence-corrected chi connectivity index (χ4v) is 1.90. The summed E-state index contributed by atoms with van der Waals surface area (Å²) in [6.07, 6.45) is -2.07. The van der Waals surface area contributed by atoms with Crippen molar-refractivity contribution in [1.82, 2.24) is 15.1 Å². The van der Waals surface area contributed by atoms with Crippen LogP contribution in [0.25, 0.3) is 0 Å². The molecule has 0 aliphatic heterocycles. The molecule has 0 radical (unpaired) electrons. The Labute approximate surface area is 124 Å². The van der Waals surface area contributed by atoms with Crippen LogP contribution in [0.2, 0.25) is 0 Å². The van der Waals surface area contributed by atoms with Gasteiger partial charge in [-0.15, -0.1) is 0 Å². The Kier molecular flexibility index (Phi) is 4.39. The number of carbonyl (C=O) groups is 1. The van der Waals surface area contributed by atoms with Crippen LogP contribution in [0, 0.1) is 0 Å². The van der Waals surface area contributed by atoms with Gasteiger partial charge in [0.25, 0.3) is 5.91 Å². The van der Waals surface area contributed by atoms with E-state index in [4.69, 9.17) is 4.74 Å². The first-order chi connectivity index (χ1) is 10.3. The highest BCUT2D eigenvalue weighted by Gasteiger charge is 2.42. The summed E-state index contributed by atoms with van der Waals surface area (Å²) in [4.78, 5) is 11.9. The second-order valence-corrected chi connectivity index (χ2v) is 4.62. The summed E-state index contributed by atoms with van der Waals surface area (Å²) in [7, 11) is 2.99. The minimum atomic E-state index is -4.62. The Morgan fingerprint density at radius 3 is 2.41 bits per heavy atom. The summed E-state index contributed by atoms with van der Waals surface area (Å²) >= 11 is 0. The van der Waals surface area contributed by atoms with Crippen molar-refractivity contribution in [3.8, 4) is 5.75 Å². The van der Waals surface area contributed by atoms with Gasteiger partial charge in [-0.2, -0.15) is 18.3 Å². The quantitative estimate of drug-likeness (QED) is 0.943. The standard InChI is InChI=1S/C14H14F3N3O2/c1-20-8-10(7-18-20)13(21)19-12(14(15,16)17)9-3-5-11(22-2)6-4-9/h3-8,12H,1-2H3,(H,19,21)/t12-/m0/s1. The van der Waals surface area contributed by atoms with Crippen LogP contribution in [0.15, 0.2) is 36.7 Å². The van der Waals surface area contributed by atoms with E-state index in [-0.39, 0.29) is 11.1 Å². The number of halogens is 3. The van der Waals surface area contributed by atoms with Gasteiger partial charge in [0.15, 0.2) is 6.04 Å². The molecule has 5 nitrogen and oxygen atoms in total. The van der Waals surface area contributed by atoms with E-state index in [1.54, 1.807) is 7.05 Å². The molecule has 0 spiro atoms. The molecule has 0 fully saturated rings. The van der Waals surface area contributed by atoms with E-state index in [2.05, 4.69) is 5.10 Å². The van der Waals surface area contributed by atoms with E-state index in [0.717, 1.165) is 0 Å². The van der Waals surface area contributed by atoms with Crippen molar-refractivity contribution in [2.24, 2.45) is 7.05 Å². The molecular formula is C14H14F3N3O2. The number of hydrogen-bond donors (Lipinski definition) is 1. The van der Waals surface area contributed by atoms with Gasteiger partial charge in [0.2, 0.25) is 0 Å². The molecule has 0 saturated carbocycles. The molecule has 1 aromatic carbocycles. The lowest BCUT2D eigenvalue weighted by molar-refractivity contribution is -0.155. The number of rotatable bonds is 4. The maximum Gasteiger partial charge on any atom is 0.412 e. The van der Waals surface area contributed by atoms with Crippen molar-refractivity contribution in [2.75, 3.05) is 7.11 Å². The molecule has 1 heterocycles. The van der Waals surface area contributed by atoms with Crippen LogP contribution in [0.4, 0.5) is 13.2 Å². The van der Waals surface area contributed by atoms with Gasteiger partial charge < -0.3 is 10.1 Å². The first-order valence-electron chi connectivity index (χ1n) is 6.31. The lowest BCUT2D eigenvalue weighted by Crippen LogP contribution is -2.38. The third-order valence-corrected chi connectivity index (χ3v) is 3.02. The normalized spacial score (nSPS) is 12.8. The average molecular weight is 313 g/mol. The molecule has 0 aliphatic carbocycles. The highest BCUT2D eigenvalue weighted by atomic mass is 19.4. The van der Waals surface area contributed by atoms with Gasteiger partial charge in [-0.05, 0) is 17.7 Å². The Morgan fingerprint density at radius 1 is 1.32 bits per heavy atom. The molecule has 0 saturated heterocycles. The molecule has 0 unspecified atom stereocenters. The van der Waals surface area contributed by atoms with Crippen LogP contribution in [0.5, 0.6) is 5.75 Å². The summed E-state index contributed by atoms with van der Waals surface area (Å²) in [6, 6.07) is 3.24. The minimum absolute atomic E-state index is 0.0604. The SMILES string of the molecule is COc1ccc([C@H](NC(=O)c2cnn(C)c2)C(F)(F)F)cc1. The fraction of sp³-hybridized carbons (Fsp3) is 0.286. The predicted molar refractivity (Wildman–Crippen MR) is 72.5 cm³/mol. The van der Waals surface area contributed by atoms with Crippen molar-refractivity contribution in [2.45, 2.75) is 12.2 Å². The van der Waals surface area contributed by atoms with E-state index in [0.29, 0.717) is 5.75 Å². The molecule has 2 aromatic rings. The van der Waals surface area contributed by atoms with E-state index in [9.17, 15) is 18.0 Å². The molecule has 118 valence electrons. The first kappa shape index (κ1) is 15.9. The summed E-state index contributed by atoms with van der Waals surface area (Å²) in [5, 5.41) is 5.74. The van der Waals surface area contributed by atoms with Crippen molar-refractivity contribution in [3.63, 3.8) is 0 Å². The minimum Gasteiger partial charge on any atom is -0.497 e. The van der Waals surface area contributed by atoms with Gasteiger partial charge in [0.05, 0.1) is 18.9 Å². The highest BCUT2D eigenvalue weighted by molar-refractivity contribution is 5.94. The van der Waals surface area contributed by atoms with E-state index in [1.165, 1.54) is 48.5 Å². The Balaban J connectivity index is 2.24. The van der Waals surface area contributed by atoms with Crippen molar-refractivity contribution in [1.29, 1.82) is 0 Å². The van der Waals surface area contributed by atoms with Crippen molar-refractivity contribution < 1.29 is 22.7 Å². The molecular weight excluding hydrogens is 299 g/mol. The number of carbonyl (C=O) groups excluding carboxylic acids is 1. The molecule has 1 N–H and O–H groups in total. The number of nitrogens with one attached hydrogen (secondary N) is 1.